The lowest BCUT2D eigenvalue weighted by atomic mass is 9.85. The van der Waals surface area contributed by atoms with E-state index in [4.69, 9.17) is 11.6 Å². The van der Waals surface area contributed by atoms with Gasteiger partial charge in [0.1, 0.15) is 0 Å². The van der Waals surface area contributed by atoms with Crippen LogP contribution in [0.1, 0.15) is 19.4 Å². The lowest BCUT2D eigenvalue weighted by molar-refractivity contribution is -0.129. The number of rotatable bonds is 2. The van der Waals surface area contributed by atoms with Gasteiger partial charge in [-0.2, -0.15) is 0 Å². The van der Waals surface area contributed by atoms with Crippen molar-refractivity contribution in [2.75, 3.05) is 19.6 Å². The molecule has 0 aromatic heterocycles. The van der Waals surface area contributed by atoms with Gasteiger partial charge in [0.05, 0.1) is 0 Å². The number of carbonyl (C=O) groups is 1. The van der Waals surface area contributed by atoms with Crippen LogP contribution in [0.15, 0.2) is 30.3 Å². The van der Waals surface area contributed by atoms with Crippen LogP contribution in [0.5, 0.6) is 0 Å². The molecule has 1 aromatic rings. The molecule has 2 heterocycles. The Hall–Kier alpha value is -1.32. The molecule has 2 saturated heterocycles. The largest absolute Gasteiger partial charge is 0.333 e. The van der Waals surface area contributed by atoms with Gasteiger partial charge in [-0.25, -0.2) is 0 Å². The van der Waals surface area contributed by atoms with E-state index in [-0.39, 0.29) is 11.4 Å². The number of hydrogen-bond acceptors (Lipinski definition) is 2. The zero-order valence-corrected chi connectivity index (χ0v) is 13.2. The Balaban J connectivity index is 1.72. The van der Waals surface area contributed by atoms with Crippen molar-refractivity contribution in [1.82, 2.24) is 10.2 Å². The van der Waals surface area contributed by atoms with E-state index in [1.165, 1.54) is 0 Å². The first-order chi connectivity index (χ1) is 9.98. The third-order valence-electron chi connectivity index (χ3n) is 4.91. The molecule has 21 heavy (non-hydrogen) atoms. The van der Waals surface area contributed by atoms with Gasteiger partial charge in [0.25, 0.3) is 0 Å². The fraction of sp³-hybridized carbons (Fsp3) is 0.471. The van der Waals surface area contributed by atoms with Crippen LogP contribution in [0.3, 0.4) is 0 Å². The summed E-state index contributed by atoms with van der Waals surface area (Å²) in [5.41, 5.74) is 0.918. The highest BCUT2D eigenvalue weighted by Gasteiger charge is 2.50. The van der Waals surface area contributed by atoms with Gasteiger partial charge in [0, 0.05) is 36.3 Å². The molecule has 1 N–H and O–H groups in total. The normalized spacial score (nSPS) is 27.3. The number of carbonyl (C=O) groups excluding carboxylic acids is 1. The summed E-state index contributed by atoms with van der Waals surface area (Å²) in [7, 11) is 0. The van der Waals surface area contributed by atoms with E-state index in [2.05, 4.69) is 19.2 Å². The molecule has 2 aliphatic heterocycles. The summed E-state index contributed by atoms with van der Waals surface area (Å²) in [6.45, 7) is 7.26. The Labute approximate surface area is 131 Å². The third-order valence-corrected chi connectivity index (χ3v) is 5.17. The Bertz CT molecular complexity index is 565. The van der Waals surface area contributed by atoms with Crippen LogP contribution in [0.4, 0.5) is 0 Å². The third kappa shape index (κ3) is 2.72. The summed E-state index contributed by atoms with van der Waals surface area (Å²) in [5.74, 6) is 1.25. The molecule has 3 nitrogen and oxygen atoms in total. The van der Waals surface area contributed by atoms with Crippen molar-refractivity contribution in [1.29, 1.82) is 0 Å². The second kappa shape index (κ2) is 5.47. The summed E-state index contributed by atoms with van der Waals surface area (Å²) < 4.78 is 0. The number of nitrogens with one attached hydrogen (secondary N) is 1. The number of likely N-dealkylation sites (tertiary alicyclic amines) is 1. The van der Waals surface area contributed by atoms with Gasteiger partial charge in [-0.05, 0) is 49.5 Å². The van der Waals surface area contributed by atoms with Crippen molar-refractivity contribution in [2.45, 2.75) is 19.4 Å². The van der Waals surface area contributed by atoms with E-state index < -0.39 is 0 Å². The molecular formula is C17H21ClN2O. The Morgan fingerprint density at radius 1 is 1.33 bits per heavy atom. The first-order valence-corrected chi connectivity index (χ1v) is 7.82. The van der Waals surface area contributed by atoms with Crippen molar-refractivity contribution in [2.24, 2.45) is 11.8 Å². The van der Waals surface area contributed by atoms with E-state index >= 15 is 0 Å². The summed E-state index contributed by atoms with van der Waals surface area (Å²) >= 11 is 5.86. The molecule has 1 amide bonds. The van der Waals surface area contributed by atoms with Crippen molar-refractivity contribution in [3.8, 4) is 0 Å². The molecule has 0 spiro atoms. The smallest absolute Gasteiger partial charge is 0.247 e. The molecule has 1 aromatic carbocycles. The average Bonchev–Trinajstić information content (AvgIpc) is 3.00. The number of benzene rings is 1. The zero-order chi connectivity index (χ0) is 15.0. The topological polar surface area (TPSA) is 32.3 Å². The second-order valence-corrected chi connectivity index (χ2v) is 6.95. The number of amides is 1. The monoisotopic (exact) mass is 304 g/mol. The van der Waals surface area contributed by atoms with Crippen LogP contribution in [0.2, 0.25) is 5.02 Å². The lowest BCUT2D eigenvalue weighted by Gasteiger charge is -2.35. The van der Waals surface area contributed by atoms with Crippen molar-refractivity contribution >= 4 is 23.6 Å². The number of halogens is 1. The molecule has 0 radical (unpaired) electrons. The Morgan fingerprint density at radius 3 is 2.71 bits per heavy atom. The summed E-state index contributed by atoms with van der Waals surface area (Å²) in [6.07, 6.45) is 3.54. The highest BCUT2D eigenvalue weighted by molar-refractivity contribution is 6.30. The van der Waals surface area contributed by atoms with Crippen molar-refractivity contribution in [3.63, 3.8) is 0 Å². The maximum absolute atomic E-state index is 12.5. The molecule has 4 heteroatoms. The molecule has 2 fully saturated rings. The van der Waals surface area contributed by atoms with Crippen LogP contribution < -0.4 is 5.32 Å². The minimum atomic E-state index is -0.0738. The molecule has 0 saturated carbocycles. The SMILES string of the molecule is CC1(C)C2CNCC2CN1C(=O)C=Cc1ccc(Cl)cc1. The predicted molar refractivity (Wildman–Crippen MR) is 86.1 cm³/mol. The summed E-state index contributed by atoms with van der Waals surface area (Å²) in [6, 6.07) is 7.50. The molecule has 3 rings (SSSR count). The maximum atomic E-state index is 12.5. The predicted octanol–water partition coefficient (Wildman–Crippen LogP) is 2.81. The van der Waals surface area contributed by atoms with Crippen LogP contribution in [0, 0.1) is 11.8 Å². The van der Waals surface area contributed by atoms with Crippen LogP contribution >= 0.6 is 11.6 Å². The summed E-state index contributed by atoms with van der Waals surface area (Å²) in [5, 5.41) is 4.14. The zero-order valence-electron chi connectivity index (χ0n) is 12.5. The Kier molecular flexibility index (Phi) is 3.80. The van der Waals surface area contributed by atoms with Gasteiger partial charge in [0.2, 0.25) is 5.91 Å². The molecule has 2 atom stereocenters. The lowest BCUT2D eigenvalue weighted by Crippen LogP contribution is -2.47. The van der Waals surface area contributed by atoms with Crippen LogP contribution in [-0.4, -0.2) is 36.0 Å². The number of hydrogen-bond donors (Lipinski definition) is 1. The van der Waals surface area contributed by atoms with Gasteiger partial charge in [0.15, 0.2) is 0 Å². The van der Waals surface area contributed by atoms with Gasteiger partial charge >= 0.3 is 0 Å². The molecule has 0 aliphatic carbocycles. The Morgan fingerprint density at radius 2 is 2.05 bits per heavy atom. The molecule has 2 unspecified atom stereocenters. The molecule has 0 bridgehead atoms. The number of fused-ring (bicyclic) bond motifs is 1. The van der Waals surface area contributed by atoms with Crippen molar-refractivity contribution in [3.05, 3.63) is 40.9 Å². The maximum Gasteiger partial charge on any atom is 0.247 e. The van der Waals surface area contributed by atoms with E-state index in [9.17, 15) is 4.79 Å². The van der Waals surface area contributed by atoms with Gasteiger partial charge in [-0.15, -0.1) is 0 Å². The van der Waals surface area contributed by atoms with Gasteiger partial charge in [-0.1, -0.05) is 23.7 Å². The first kappa shape index (κ1) is 14.6. The molecule has 112 valence electrons. The highest BCUT2D eigenvalue weighted by Crippen LogP contribution is 2.40. The van der Waals surface area contributed by atoms with Gasteiger partial charge < -0.3 is 10.2 Å². The van der Waals surface area contributed by atoms with E-state index in [0.717, 1.165) is 25.2 Å². The minimum absolute atomic E-state index is 0.0738. The second-order valence-electron chi connectivity index (χ2n) is 6.51. The summed E-state index contributed by atoms with van der Waals surface area (Å²) in [4.78, 5) is 14.5. The highest BCUT2D eigenvalue weighted by atomic mass is 35.5. The quantitative estimate of drug-likeness (QED) is 0.852. The average molecular weight is 305 g/mol. The van der Waals surface area contributed by atoms with Gasteiger partial charge in [-0.3, -0.25) is 4.79 Å². The van der Waals surface area contributed by atoms with E-state index in [1.807, 2.05) is 35.2 Å². The van der Waals surface area contributed by atoms with E-state index in [1.54, 1.807) is 6.08 Å². The van der Waals surface area contributed by atoms with Crippen molar-refractivity contribution < 1.29 is 4.79 Å². The van der Waals surface area contributed by atoms with Crippen LogP contribution in [0.25, 0.3) is 6.08 Å². The molecule has 2 aliphatic rings. The minimum Gasteiger partial charge on any atom is -0.333 e. The molecular weight excluding hydrogens is 284 g/mol. The first-order valence-electron chi connectivity index (χ1n) is 7.44. The number of nitrogens with zero attached hydrogens (tertiary/aromatic N) is 1. The standard InChI is InChI=1S/C17H21ClN2O/c1-17(2)15-10-19-9-13(15)11-20(17)16(21)8-5-12-3-6-14(18)7-4-12/h3-8,13,15,19H,9-11H2,1-2H3. The fourth-order valence-corrected chi connectivity index (χ4v) is 3.75. The van der Waals surface area contributed by atoms with E-state index in [0.29, 0.717) is 16.9 Å². The van der Waals surface area contributed by atoms with Crippen LogP contribution in [-0.2, 0) is 4.79 Å². The fourth-order valence-electron chi connectivity index (χ4n) is 3.63.